The minimum absolute atomic E-state index is 0.0347. The van der Waals surface area contributed by atoms with Crippen molar-refractivity contribution in [2.45, 2.75) is 47.9 Å². The summed E-state index contributed by atoms with van der Waals surface area (Å²) in [5, 5.41) is 3.54. The molecule has 19 heavy (non-hydrogen) atoms. The fraction of sp³-hybridized carbons (Fsp3) is 0.667. The van der Waals surface area contributed by atoms with E-state index in [0.29, 0.717) is 8.55 Å². The zero-order valence-electron chi connectivity index (χ0n) is 10.5. The molecule has 1 spiro atoms. The van der Waals surface area contributed by atoms with Crippen molar-refractivity contribution in [1.82, 2.24) is 10.0 Å². The lowest BCUT2D eigenvalue weighted by Gasteiger charge is -2.48. The van der Waals surface area contributed by atoms with Crippen LogP contribution in [-0.2, 0) is 10.0 Å². The summed E-state index contributed by atoms with van der Waals surface area (Å²) in [6, 6.07) is 3.22. The Morgan fingerprint density at radius 3 is 2.79 bits per heavy atom. The van der Waals surface area contributed by atoms with E-state index in [0.717, 1.165) is 43.6 Å². The van der Waals surface area contributed by atoms with E-state index in [2.05, 4.69) is 10.0 Å². The highest BCUT2D eigenvalue weighted by molar-refractivity contribution is 7.91. The van der Waals surface area contributed by atoms with E-state index >= 15 is 0 Å². The Morgan fingerprint density at radius 1 is 1.42 bits per heavy atom. The van der Waals surface area contributed by atoms with Crippen molar-refractivity contribution in [2.75, 3.05) is 6.54 Å². The molecule has 1 unspecified atom stereocenters. The molecule has 0 bridgehead atoms. The zero-order valence-corrected chi connectivity index (χ0v) is 12.9. The first kappa shape index (κ1) is 13.8. The van der Waals surface area contributed by atoms with Gasteiger partial charge < -0.3 is 5.32 Å². The monoisotopic (exact) mass is 320 g/mol. The topological polar surface area (TPSA) is 58.2 Å². The van der Waals surface area contributed by atoms with Gasteiger partial charge in [0.05, 0.1) is 4.34 Å². The van der Waals surface area contributed by atoms with Gasteiger partial charge in [-0.05, 0) is 50.8 Å². The highest BCUT2D eigenvalue weighted by atomic mass is 35.5. The number of sulfonamides is 1. The summed E-state index contributed by atoms with van der Waals surface area (Å²) in [6.07, 6.45) is 5.31. The first-order valence-electron chi connectivity index (χ1n) is 6.52. The Hall–Kier alpha value is -0.140. The molecule has 1 aromatic rings. The molecule has 106 valence electrons. The van der Waals surface area contributed by atoms with Crippen molar-refractivity contribution in [1.29, 1.82) is 0 Å². The molecule has 2 fully saturated rings. The summed E-state index contributed by atoms with van der Waals surface area (Å²) in [7, 11) is -3.42. The van der Waals surface area contributed by atoms with Crippen LogP contribution in [0.25, 0.3) is 0 Å². The number of rotatable bonds is 3. The SMILES string of the molecule is O=S(=O)(NC1CCNC2(CCC2)C1)c1ccc(Cl)s1. The van der Waals surface area contributed by atoms with Gasteiger partial charge in [0.25, 0.3) is 0 Å². The van der Waals surface area contributed by atoms with Gasteiger partial charge in [0.2, 0.25) is 10.0 Å². The molecule has 0 aromatic carbocycles. The average molecular weight is 321 g/mol. The summed E-state index contributed by atoms with van der Waals surface area (Å²) in [5.74, 6) is 0. The van der Waals surface area contributed by atoms with Crippen molar-refractivity contribution in [3.8, 4) is 0 Å². The number of hydrogen-bond donors (Lipinski definition) is 2. The van der Waals surface area contributed by atoms with Crippen LogP contribution in [0.2, 0.25) is 4.34 Å². The quantitative estimate of drug-likeness (QED) is 0.899. The van der Waals surface area contributed by atoms with Crippen LogP contribution in [0.15, 0.2) is 16.3 Å². The Labute approximate surface area is 122 Å². The summed E-state index contributed by atoms with van der Waals surface area (Å²) in [6.45, 7) is 0.887. The molecule has 4 nitrogen and oxygen atoms in total. The van der Waals surface area contributed by atoms with Crippen LogP contribution in [0.5, 0.6) is 0 Å². The van der Waals surface area contributed by atoms with Gasteiger partial charge in [-0.15, -0.1) is 11.3 Å². The third-order valence-electron chi connectivity index (χ3n) is 4.08. The largest absolute Gasteiger partial charge is 0.311 e. The molecule has 1 aromatic heterocycles. The van der Waals surface area contributed by atoms with Gasteiger partial charge in [-0.3, -0.25) is 0 Å². The molecule has 3 rings (SSSR count). The second-order valence-electron chi connectivity index (χ2n) is 5.43. The smallest absolute Gasteiger partial charge is 0.250 e. The summed E-state index contributed by atoms with van der Waals surface area (Å²) >= 11 is 6.90. The number of halogens is 1. The Bertz CT molecular complexity index is 566. The third-order valence-corrected chi connectivity index (χ3v) is 7.32. The van der Waals surface area contributed by atoms with Crippen LogP contribution < -0.4 is 10.0 Å². The van der Waals surface area contributed by atoms with Crippen molar-refractivity contribution < 1.29 is 8.42 Å². The molecular weight excluding hydrogens is 304 g/mol. The van der Waals surface area contributed by atoms with E-state index in [1.807, 2.05) is 0 Å². The minimum atomic E-state index is -3.42. The van der Waals surface area contributed by atoms with Crippen LogP contribution in [0.1, 0.15) is 32.1 Å². The molecule has 1 atom stereocenters. The maximum Gasteiger partial charge on any atom is 0.250 e. The Morgan fingerprint density at radius 2 is 2.21 bits per heavy atom. The number of nitrogens with one attached hydrogen (secondary N) is 2. The van der Waals surface area contributed by atoms with Gasteiger partial charge in [-0.2, -0.15) is 0 Å². The third kappa shape index (κ3) is 2.83. The number of piperidine rings is 1. The van der Waals surface area contributed by atoms with Crippen LogP contribution >= 0.6 is 22.9 Å². The molecule has 2 heterocycles. The maximum atomic E-state index is 12.3. The highest BCUT2D eigenvalue weighted by Gasteiger charge is 2.41. The van der Waals surface area contributed by atoms with E-state index in [-0.39, 0.29) is 11.6 Å². The van der Waals surface area contributed by atoms with Gasteiger partial charge in [0.15, 0.2) is 0 Å². The first-order chi connectivity index (χ1) is 8.99. The molecular formula is C12H17ClN2O2S2. The summed E-state index contributed by atoms with van der Waals surface area (Å²) in [4.78, 5) is 0. The van der Waals surface area contributed by atoms with Gasteiger partial charge in [-0.25, -0.2) is 13.1 Å². The highest BCUT2D eigenvalue weighted by Crippen LogP contribution is 2.38. The maximum absolute atomic E-state index is 12.3. The Kier molecular flexibility index (Phi) is 3.64. The summed E-state index contributed by atoms with van der Waals surface area (Å²) < 4.78 is 28.1. The lowest BCUT2D eigenvalue weighted by molar-refractivity contribution is 0.126. The van der Waals surface area contributed by atoms with E-state index in [4.69, 9.17) is 11.6 Å². The second-order valence-corrected chi connectivity index (χ2v) is 9.09. The van der Waals surface area contributed by atoms with Crippen molar-refractivity contribution in [3.63, 3.8) is 0 Å². The first-order valence-corrected chi connectivity index (χ1v) is 9.20. The molecule has 1 saturated heterocycles. The molecule has 1 aliphatic carbocycles. The predicted molar refractivity (Wildman–Crippen MR) is 77.3 cm³/mol. The zero-order chi connectivity index (χ0) is 13.5. The molecule has 0 radical (unpaired) electrons. The normalized spacial score (nSPS) is 26.3. The molecule has 1 aliphatic heterocycles. The van der Waals surface area contributed by atoms with Gasteiger partial charge in [0, 0.05) is 11.6 Å². The molecule has 7 heteroatoms. The molecule has 2 aliphatic rings. The van der Waals surface area contributed by atoms with E-state index < -0.39 is 10.0 Å². The molecule has 1 saturated carbocycles. The van der Waals surface area contributed by atoms with Crippen molar-refractivity contribution in [3.05, 3.63) is 16.5 Å². The molecule has 0 amide bonds. The van der Waals surface area contributed by atoms with E-state index in [9.17, 15) is 8.42 Å². The minimum Gasteiger partial charge on any atom is -0.311 e. The number of hydrogen-bond acceptors (Lipinski definition) is 4. The second kappa shape index (κ2) is 5.00. The van der Waals surface area contributed by atoms with E-state index in [1.165, 1.54) is 6.42 Å². The van der Waals surface area contributed by atoms with Crippen LogP contribution in [0.3, 0.4) is 0 Å². The number of thiophene rings is 1. The predicted octanol–water partition coefficient (Wildman–Crippen LogP) is 2.35. The van der Waals surface area contributed by atoms with E-state index in [1.54, 1.807) is 12.1 Å². The van der Waals surface area contributed by atoms with Crippen molar-refractivity contribution >= 4 is 33.0 Å². The lowest BCUT2D eigenvalue weighted by atomic mass is 9.70. The van der Waals surface area contributed by atoms with Gasteiger partial charge in [-0.1, -0.05) is 11.6 Å². The van der Waals surface area contributed by atoms with Crippen LogP contribution in [0.4, 0.5) is 0 Å². The molecule has 2 N–H and O–H groups in total. The Balaban J connectivity index is 1.70. The van der Waals surface area contributed by atoms with Gasteiger partial charge >= 0.3 is 0 Å². The van der Waals surface area contributed by atoms with Crippen molar-refractivity contribution in [2.24, 2.45) is 0 Å². The van der Waals surface area contributed by atoms with Crippen LogP contribution in [0, 0.1) is 0 Å². The fourth-order valence-corrected chi connectivity index (χ4v) is 5.73. The summed E-state index contributed by atoms with van der Waals surface area (Å²) in [5.41, 5.74) is 0.193. The standard InChI is InChI=1S/C12H17ClN2O2S2/c13-10-2-3-11(18-10)19(16,17)15-9-4-7-14-12(8-9)5-1-6-12/h2-3,9,14-15H,1,4-8H2. The average Bonchev–Trinajstić information content (AvgIpc) is 2.74. The lowest BCUT2D eigenvalue weighted by Crippen LogP contribution is -2.59. The van der Waals surface area contributed by atoms with Crippen LogP contribution in [-0.4, -0.2) is 26.5 Å². The van der Waals surface area contributed by atoms with Gasteiger partial charge in [0.1, 0.15) is 4.21 Å². The fourth-order valence-electron chi connectivity index (χ4n) is 2.96.